The van der Waals surface area contributed by atoms with Crippen LogP contribution in [0.1, 0.15) is 41.5 Å². The van der Waals surface area contributed by atoms with E-state index in [-0.39, 0.29) is 18.0 Å². The summed E-state index contributed by atoms with van der Waals surface area (Å²) in [5.74, 6) is 3.73. The first kappa shape index (κ1) is 17.8. The summed E-state index contributed by atoms with van der Waals surface area (Å²) < 4.78 is 0. The summed E-state index contributed by atoms with van der Waals surface area (Å²) in [6, 6.07) is 14.8. The Bertz CT molecular complexity index is 980. The molecule has 2 fully saturated rings. The van der Waals surface area contributed by atoms with Crippen LogP contribution < -0.4 is 10.6 Å². The lowest BCUT2D eigenvalue weighted by atomic mass is 10.0. The molecule has 2 heterocycles. The lowest BCUT2D eigenvalue weighted by molar-refractivity contribution is -0.122. The predicted molar refractivity (Wildman–Crippen MR) is 113 cm³/mol. The van der Waals surface area contributed by atoms with E-state index in [1.807, 2.05) is 24.0 Å². The molecule has 0 bridgehead atoms. The minimum Gasteiger partial charge on any atom is -0.351 e. The number of aromatic amines is 1. The van der Waals surface area contributed by atoms with E-state index in [0.717, 1.165) is 28.3 Å². The average Bonchev–Trinajstić information content (AvgIpc) is 3.49. The first-order chi connectivity index (χ1) is 13.8. The number of nitrogens with one attached hydrogen (secondary N) is 3. The zero-order chi connectivity index (χ0) is 18.9. The fourth-order valence-corrected chi connectivity index (χ4v) is 4.68. The SMILES string of the molecule is O=C(NCc1ccc2nc[nH]c2c1)[C@@H]1[CH]SCC(c2ccc(C3CC3)cc2)N1. The fraction of sp³-hybridized carbons (Fsp3) is 0.318. The molecule has 1 amide bonds. The lowest BCUT2D eigenvalue weighted by Crippen LogP contribution is -2.48. The van der Waals surface area contributed by atoms with Crippen LogP contribution in [-0.2, 0) is 11.3 Å². The highest BCUT2D eigenvalue weighted by molar-refractivity contribution is 8.01. The molecule has 1 unspecified atom stereocenters. The maximum absolute atomic E-state index is 12.7. The third-order valence-corrected chi connectivity index (χ3v) is 6.49. The second-order valence-corrected chi connectivity index (χ2v) is 8.52. The van der Waals surface area contributed by atoms with Gasteiger partial charge in [-0.3, -0.25) is 10.1 Å². The first-order valence-electron chi connectivity index (χ1n) is 9.77. The van der Waals surface area contributed by atoms with Crippen molar-refractivity contribution in [3.63, 3.8) is 0 Å². The van der Waals surface area contributed by atoms with Crippen LogP contribution in [0.15, 0.2) is 48.8 Å². The second kappa shape index (κ2) is 7.60. The van der Waals surface area contributed by atoms with Crippen molar-refractivity contribution >= 4 is 28.7 Å². The first-order valence-corrected chi connectivity index (χ1v) is 10.8. The predicted octanol–water partition coefficient (Wildman–Crippen LogP) is 3.66. The molecule has 1 aromatic heterocycles. The van der Waals surface area contributed by atoms with Gasteiger partial charge in [-0.2, -0.15) is 11.8 Å². The quantitative estimate of drug-likeness (QED) is 0.621. The third kappa shape index (κ3) is 3.80. The number of amides is 1. The number of carbonyl (C=O) groups excluding carboxylic acids is 1. The minimum absolute atomic E-state index is 0.0107. The van der Waals surface area contributed by atoms with E-state index >= 15 is 0 Å². The molecule has 28 heavy (non-hydrogen) atoms. The molecular formula is C22H23N4OS. The van der Waals surface area contributed by atoms with Crippen LogP contribution in [0, 0.1) is 5.75 Å². The van der Waals surface area contributed by atoms with Crippen LogP contribution in [0.2, 0.25) is 0 Å². The van der Waals surface area contributed by atoms with Gasteiger partial charge in [0.25, 0.3) is 0 Å². The number of benzene rings is 2. The van der Waals surface area contributed by atoms with Crippen molar-refractivity contribution in [2.45, 2.75) is 37.4 Å². The van der Waals surface area contributed by atoms with Crippen molar-refractivity contribution in [2.24, 2.45) is 0 Å². The number of aromatic nitrogens is 2. The van der Waals surface area contributed by atoms with Gasteiger partial charge < -0.3 is 10.3 Å². The number of carbonyl (C=O) groups is 1. The number of imidazole rings is 1. The molecule has 2 aromatic carbocycles. The summed E-state index contributed by atoms with van der Waals surface area (Å²) in [6.45, 7) is 0.505. The van der Waals surface area contributed by atoms with Crippen LogP contribution in [0.25, 0.3) is 11.0 Å². The molecule has 6 heteroatoms. The summed E-state index contributed by atoms with van der Waals surface area (Å²) in [4.78, 5) is 20.0. The van der Waals surface area contributed by atoms with Crippen molar-refractivity contribution < 1.29 is 4.79 Å². The fourth-order valence-electron chi connectivity index (χ4n) is 3.69. The Morgan fingerprint density at radius 2 is 1.96 bits per heavy atom. The number of fused-ring (bicyclic) bond motifs is 1. The van der Waals surface area contributed by atoms with Gasteiger partial charge in [0.05, 0.1) is 17.4 Å². The zero-order valence-corrected chi connectivity index (χ0v) is 16.3. The molecule has 2 aliphatic rings. The van der Waals surface area contributed by atoms with E-state index in [2.05, 4.69) is 44.9 Å². The van der Waals surface area contributed by atoms with Gasteiger partial charge in [0.2, 0.25) is 5.91 Å². The Morgan fingerprint density at radius 1 is 1.14 bits per heavy atom. The summed E-state index contributed by atoms with van der Waals surface area (Å²) in [5, 5.41) is 6.54. The second-order valence-electron chi connectivity index (χ2n) is 7.58. The third-order valence-electron chi connectivity index (χ3n) is 5.50. The Hall–Kier alpha value is -2.31. The van der Waals surface area contributed by atoms with Crippen LogP contribution in [0.4, 0.5) is 0 Å². The normalized spacial score (nSPS) is 22.3. The molecule has 3 aromatic rings. The summed E-state index contributed by atoms with van der Waals surface area (Å²) in [6.07, 6.45) is 4.32. The van der Waals surface area contributed by atoms with Gasteiger partial charge >= 0.3 is 0 Å². The smallest absolute Gasteiger partial charge is 0.238 e. The summed E-state index contributed by atoms with van der Waals surface area (Å²) in [7, 11) is 0. The summed E-state index contributed by atoms with van der Waals surface area (Å²) in [5.41, 5.74) is 5.68. The molecule has 1 radical (unpaired) electrons. The van der Waals surface area contributed by atoms with Gasteiger partial charge in [-0.05, 0) is 47.6 Å². The Labute approximate surface area is 168 Å². The van der Waals surface area contributed by atoms with Gasteiger partial charge in [0, 0.05) is 24.1 Å². The van der Waals surface area contributed by atoms with Gasteiger partial charge in [0.1, 0.15) is 6.04 Å². The highest BCUT2D eigenvalue weighted by Gasteiger charge is 2.28. The largest absolute Gasteiger partial charge is 0.351 e. The number of hydrogen-bond donors (Lipinski definition) is 3. The Kier molecular flexibility index (Phi) is 4.82. The molecule has 1 saturated carbocycles. The van der Waals surface area contributed by atoms with Crippen molar-refractivity contribution in [3.05, 3.63) is 71.2 Å². The van der Waals surface area contributed by atoms with Crippen LogP contribution in [-0.4, -0.2) is 27.7 Å². The molecule has 143 valence electrons. The Morgan fingerprint density at radius 3 is 2.79 bits per heavy atom. The molecule has 2 atom stereocenters. The van der Waals surface area contributed by atoms with Crippen molar-refractivity contribution in [3.8, 4) is 0 Å². The molecule has 1 aliphatic carbocycles. The molecular weight excluding hydrogens is 368 g/mol. The van der Waals surface area contributed by atoms with Crippen molar-refractivity contribution in [1.29, 1.82) is 0 Å². The van der Waals surface area contributed by atoms with E-state index < -0.39 is 0 Å². The zero-order valence-electron chi connectivity index (χ0n) is 15.5. The highest BCUT2D eigenvalue weighted by Crippen LogP contribution is 2.40. The van der Waals surface area contributed by atoms with Crippen molar-refractivity contribution in [1.82, 2.24) is 20.6 Å². The Balaban J connectivity index is 1.19. The van der Waals surface area contributed by atoms with E-state index in [9.17, 15) is 4.79 Å². The number of H-pyrrole nitrogens is 1. The molecule has 1 aliphatic heterocycles. The highest BCUT2D eigenvalue weighted by atomic mass is 32.2. The number of rotatable bonds is 5. The van der Waals surface area contributed by atoms with E-state index in [1.54, 1.807) is 18.1 Å². The van der Waals surface area contributed by atoms with Crippen LogP contribution in [0.5, 0.6) is 0 Å². The number of nitrogens with zero attached hydrogens (tertiary/aromatic N) is 1. The molecule has 5 rings (SSSR count). The maximum atomic E-state index is 12.7. The van der Waals surface area contributed by atoms with Gasteiger partial charge in [-0.1, -0.05) is 30.3 Å². The van der Waals surface area contributed by atoms with Gasteiger partial charge in [-0.15, -0.1) is 0 Å². The summed E-state index contributed by atoms with van der Waals surface area (Å²) >= 11 is 1.72. The molecule has 5 nitrogen and oxygen atoms in total. The molecule has 0 spiro atoms. The maximum Gasteiger partial charge on any atom is 0.238 e. The van der Waals surface area contributed by atoms with Gasteiger partial charge in [0.15, 0.2) is 0 Å². The van der Waals surface area contributed by atoms with E-state index in [4.69, 9.17) is 0 Å². The minimum atomic E-state index is -0.289. The van der Waals surface area contributed by atoms with Crippen LogP contribution in [0.3, 0.4) is 0 Å². The average molecular weight is 392 g/mol. The van der Waals surface area contributed by atoms with E-state index in [0.29, 0.717) is 6.54 Å². The topological polar surface area (TPSA) is 69.8 Å². The number of hydrogen-bond acceptors (Lipinski definition) is 4. The van der Waals surface area contributed by atoms with Crippen LogP contribution >= 0.6 is 11.8 Å². The monoisotopic (exact) mass is 391 g/mol. The molecule has 3 N–H and O–H groups in total. The van der Waals surface area contributed by atoms with Crippen molar-refractivity contribution in [2.75, 3.05) is 5.75 Å². The standard InChI is InChI=1S/C22H23N4OS/c27-22(23-10-14-1-8-18-19(9-14)25-13-24-18)21-12-28-11-20(26-21)17-6-4-16(5-7-17)15-2-3-15/h1,4-9,12-13,15,20-21,26H,2-3,10-11H2,(H,23,27)(H,24,25)/t20?,21-/m0/s1. The number of thioether (sulfide) groups is 1. The lowest BCUT2D eigenvalue weighted by Gasteiger charge is -2.30. The van der Waals surface area contributed by atoms with Gasteiger partial charge in [-0.25, -0.2) is 4.98 Å². The van der Waals surface area contributed by atoms with E-state index in [1.165, 1.54) is 24.0 Å². The molecule has 1 saturated heterocycles.